The Bertz CT molecular complexity index is 493. The molecule has 1 aromatic rings. The molecule has 1 heterocycles. The van der Waals surface area contributed by atoms with Crippen LogP contribution in [0.25, 0.3) is 0 Å². The largest absolute Gasteiger partial charge is 0.573 e. The number of carbonyl (C=O) groups excluding carboxylic acids is 1. The van der Waals surface area contributed by atoms with Crippen LogP contribution in [0.3, 0.4) is 0 Å². The minimum Gasteiger partial charge on any atom is -0.466 e. The molecule has 0 bridgehead atoms. The number of halogens is 5. The lowest BCUT2D eigenvalue weighted by atomic mass is 10.2. The first-order valence-electron chi connectivity index (χ1n) is 5.42. The van der Waals surface area contributed by atoms with Crippen LogP contribution in [0.2, 0.25) is 0 Å². The second kappa shape index (κ2) is 6.74. The molecule has 0 amide bonds. The van der Waals surface area contributed by atoms with Gasteiger partial charge in [-0.05, 0) is 6.92 Å². The third-order valence-corrected chi connectivity index (χ3v) is 2.28. The summed E-state index contributed by atoms with van der Waals surface area (Å²) in [6, 6.07) is 0.690. The van der Waals surface area contributed by atoms with E-state index >= 15 is 0 Å². The van der Waals surface area contributed by atoms with E-state index in [0.29, 0.717) is 6.07 Å². The number of aromatic nitrogens is 1. The molecule has 112 valence electrons. The number of rotatable bonds is 5. The summed E-state index contributed by atoms with van der Waals surface area (Å²) in [5.74, 6) is -3.56. The van der Waals surface area contributed by atoms with Gasteiger partial charge in [-0.3, -0.25) is 9.78 Å². The molecule has 0 spiro atoms. The predicted molar refractivity (Wildman–Crippen MR) is 60.8 cm³/mol. The van der Waals surface area contributed by atoms with Crippen LogP contribution in [0, 0.1) is 5.82 Å². The van der Waals surface area contributed by atoms with E-state index in [9.17, 15) is 22.4 Å². The fourth-order valence-electron chi connectivity index (χ4n) is 1.35. The first-order chi connectivity index (χ1) is 9.26. The monoisotopic (exact) mass is 315 g/mol. The van der Waals surface area contributed by atoms with Gasteiger partial charge in [0.15, 0.2) is 11.6 Å². The predicted octanol–water partition coefficient (Wildman–Crippen LogP) is 2.96. The van der Waals surface area contributed by atoms with Crippen molar-refractivity contribution in [1.29, 1.82) is 0 Å². The number of alkyl halides is 4. The van der Waals surface area contributed by atoms with Crippen LogP contribution in [0.1, 0.15) is 18.3 Å². The van der Waals surface area contributed by atoms with Gasteiger partial charge in [0, 0.05) is 6.07 Å². The summed E-state index contributed by atoms with van der Waals surface area (Å²) in [6.07, 6.45) is -5.47. The van der Waals surface area contributed by atoms with Crippen LogP contribution in [-0.4, -0.2) is 23.9 Å². The zero-order valence-corrected chi connectivity index (χ0v) is 11.0. The summed E-state index contributed by atoms with van der Waals surface area (Å²) < 4.78 is 58.1. The van der Waals surface area contributed by atoms with Crippen molar-refractivity contribution in [1.82, 2.24) is 4.98 Å². The van der Waals surface area contributed by atoms with Crippen molar-refractivity contribution < 1.29 is 31.8 Å². The molecule has 0 radical (unpaired) electrons. The molecule has 9 heteroatoms. The number of pyridine rings is 1. The second-order valence-electron chi connectivity index (χ2n) is 3.54. The third kappa shape index (κ3) is 4.84. The van der Waals surface area contributed by atoms with Gasteiger partial charge in [0.05, 0.1) is 30.3 Å². The van der Waals surface area contributed by atoms with Crippen molar-refractivity contribution in [3.8, 4) is 5.75 Å². The SMILES string of the molecule is CCOC(=O)Cc1cc(OC(F)(F)F)c(F)c(CCl)n1. The average Bonchev–Trinajstić information content (AvgIpc) is 2.31. The molecule has 0 saturated carbocycles. The normalized spacial score (nSPS) is 11.3. The van der Waals surface area contributed by atoms with Crippen molar-refractivity contribution >= 4 is 17.6 Å². The molecule has 0 fully saturated rings. The highest BCUT2D eigenvalue weighted by molar-refractivity contribution is 6.16. The van der Waals surface area contributed by atoms with Gasteiger partial charge in [0.2, 0.25) is 0 Å². The third-order valence-electron chi connectivity index (χ3n) is 2.03. The van der Waals surface area contributed by atoms with Crippen molar-refractivity contribution in [3.05, 3.63) is 23.3 Å². The quantitative estimate of drug-likeness (QED) is 0.476. The van der Waals surface area contributed by atoms with Crippen LogP contribution in [-0.2, 0) is 21.8 Å². The van der Waals surface area contributed by atoms with E-state index < -0.39 is 41.9 Å². The van der Waals surface area contributed by atoms with E-state index in [1.165, 1.54) is 0 Å². The van der Waals surface area contributed by atoms with Crippen molar-refractivity contribution in [2.24, 2.45) is 0 Å². The van der Waals surface area contributed by atoms with E-state index in [1.54, 1.807) is 6.92 Å². The van der Waals surface area contributed by atoms with E-state index in [1.807, 2.05) is 0 Å². The van der Waals surface area contributed by atoms with E-state index in [4.69, 9.17) is 11.6 Å². The highest BCUT2D eigenvalue weighted by atomic mass is 35.5. The molecule has 0 unspecified atom stereocenters. The molecule has 0 N–H and O–H groups in total. The molecule has 0 saturated heterocycles. The Hall–Kier alpha value is -1.57. The molecule has 0 aliphatic carbocycles. The van der Waals surface area contributed by atoms with Gasteiger partial charge in [0.25, 0.3) is 0 Å². The maximum atomic E-state index is 13.6. The minimum absolute atomic E-state index is 0.105. The van der Waals surface area contributed by atoms with Crippen molar-refractivity contribution in [2.45, 2.75) is 25.6 Å². The van der Waals surface area contributed by atoms with Crippen LogP contribution in [0.15, 0.2) is 6.07 Å². The maximum absolute atomic E-state index is 13.6. The molecule has 0 atom stereocenters. The topological polar surface area (TPSA) is 48.4 Å². The zero-order chi connectivity index (χ0) is 15.3. The zero-order valence-electron chi connectivity index (χ0n) is 10.3. The average molecular weight is 316 g/mol. The number of hydrogen-bond acceptors (Lipinski definition) is 4. The van der Waals surface area contributed by atoms with E-state index in [0.717, 1.165) is 0 Å². The number of hydrogen-bond donors (Lipinski definition) is 0. The van der Waals surface area contributed by atoms with Gasteiger partial charge < -0.3 is 9.47 Å². The fourth-order valence-corrected chi connectivity index (χ4v) is 1.53. The smallest absolute Gasteiger partial charge is 0.466 e. The van der Waals surface area contributed by atoms with Crippen molar-refractivity contribution in [3.63, 3.8) is 0 Å². The van der Waals surface area contributed by atoms with Gasteiger partial charge in [0.1, 0.15) is 0 Å². The summed E-state index contributed by atoms with van der Waals surface area (Å²) in [4.78, 5) is 14.9. The molecule has 4 nitrogen and oxygen atoms in total. The Morgan fingerprint density at radius 2 is 2.10 bits per heavy atom. The highest BCUT2D eigenvalue weighted by Crippen LogP contribution is 2.28. The molecular formula is C11H10ClF4NO3. The van der Waals surface area contributed by atoms with Crippen molar-refractivity contribution in [2.75, 3.05) is 6.61 Å². The number of nitrogens with zero attached hydrogens (tertiary/aromatic N) is 1. The molecule has 0 aliphatic rings. The summed E-state index contributed by atoms with van der Waals surface area (Å²) in [6.45, 7) is 1.67. The lowest BCUT2D eigenvalue weighted by molar-refractivity contribution is -0.275. The van der Waals surface area contributed by atoms with Crippen LogP contribution >= 0.6 is 11.6 Å². The summed E-state index contributed by atoms with van der Waals surface area (Å²) in [5, 5.41) is 0. The van der Waals surface area contributed by atoms with Gasteiger partial charge in [-0.25, -0.2) is 4.39 Å². The molecule has 1 rings (SSSR count). The Kier molecular flexibility index (Phi) is 5.55. The lowest BCUT2D eigenvalue weighted by Crippen LogP contribution is -2.19. The minimum atomic E-state index is -5.06. The number of carbonyl (C=O) groups is 1. The molecule has 1 aromatic heterocycles. The Balaban J connectivity index is 3.08. The maximum Gasteiger partial charge on any atom is 0.573 e. The number of esters is 1. The van der Waals surface area contributed by atoms with Crippen LogP contribution in [0.5, 0.6) is 5.75 Å². The lowest BCUT2D eigenvalue weighted by Gasteiger charge is -2.12. The summed E-state index contributed by atoms with van der Waals surface area (Å²) >= 11 is 5.39. The highest BCUT2D eigenvalue weighted by Gasteiger charge is 2.33. The molecular weight excluding hydrogens is 306 g/mol. The van der Waals surface area contributed by atoms with Crippen LogP contribution < -0.4 is 4.74 Å². The Labute approximate surface area is 116 Å². The summed E-state index contributed by atoms with van der Waals surface area (Å²) in [5.41, 5.74) is -0.563. The standard InChI is InChI=1S/C11H10ClF4NO3/c1-2-19-9(18)4-6-3-8(20-11(14,15)16)10(13)7(5-12)17-6/h3H,2,4-5H2,1H3. The van der Waals surface area contributed by atoms with E-state index in [2.05, 4.69) is 14.5 Å². The Morgan fingerprint density at radius 1 is 1.45 bits per heavy atom. The first kappa shape index (κ1) is 16.5. The Morgan fingerprint density at radius 3 is 2.60 bits per heavy atom. The summed E-state index contributed by atoms with van der Waals surface area (Å²) in [7, 11) is 0. The fraction of sp³-hybridized carbons (Fsp3) is 0.455. The van der Waals surface area contributed by atoms with E-state index in [-0.39, 0.29) is 12.3 Å². The van der Waals surface area contributed by atoms with Gasteiger partial charge in [-0.15, -0.1) is 24.8 Å². The van der Waals surface area contributed by atoms with Gasteiger partial charge in [-0.2, -0.15) is 0 Å². The van der Waals surface area contributed by atoms with Crippen LogP contribution in [0.4, 0.5) is 17.6 Å². The molecule has 20 heavy (non-hydrogen) atoms. The second-order valence-corrected chi connectivity index (χ2v) is 3.80. The first-order valence-corrected chi connectivity index (χ1v) is 5.96. The molecule has 0 aliphatic heterocycles. The molecule has 0 aromatic carbocycles. The van der Waals surface area contributed by atoms with Gasteiger partial charge in [-0.1, -0.05) is 0 Å². The number of ether oxygens (including phenoxy) is 2. The van der Waals surface area contributed by atoms with Gasteiger partial charge >= 0.3 is 12.3 Å².